The first-order valence-corrected chi connectivity index (χ1v) is 12.8. The number of imidazole rings is 1. The Morgan fingerprint density at radius 3 is 2.74 bits per heavy atom. The van der Waals surface area contributed by atoms with Crippen molar-refractivity contribution >= 4 is 57.0 Å². The molecule has 10 heteroatoms. The van der Waals surface area contributed by atoms with Gasteiger partial charge in [-0.1, -0.05) is 22.6 Å². The molecule has 3 N–H and O–H groups in total. The van der Waals surface area contributed by atoms with Crippen molar-refractivity contribution in [3.8, 4) is 17.5 Å². The lowest BCUT2D eigenvalue weighted by atomic mass is 9.98. The van der Waals surface area contributed by atoms with Crippen molar-refractivity contribution in [1.29, 1.82) is 5.26 Å². The van der Waals surface area contributed by atoms with Crippen molar-refractivity contribution in [2.75, 3.05) is 6.54 Å². The van der Waals surface area contributed by atoms with Crippen LogP contribution in [0.25, 0.3) is 22.3 Å². The van der Waals surface area contributed by atoms with E-state index in [9.17, 15) is 5.11 Å². The summed E-state index contributed by atoms with van der Waals surface area (Å²) in [5.74, 6) is 0. The van der Waals surface area contributed by atoms with Gasteiger partial charge >= 0.3 is 0 Å². The van der Waals surface area contributed by atoms with Gasteiger partial charge in [0.1, 0.15) is 0 Å². The average molecular weight is 590 g/mol. The molecule has 0 aliphatic rings. The highest BCUT2D eigenvalue weighted by molar-refractivity contribution is 14.1. The summed E-state index contributed by atoms with van der Waals surface area (Å²) in [6.07, 6.45) is 6.82. The second kappa shape index (κ2) is 11.2. The summed E-state index contributed by atoms with van der Waals surface area (Å²) in [5, 5.41) is 26.3. The lowest BCUT2D eigenvalue weighted by Gasteiger charge is -2.22. The number of pyridine rings is 1. The quantitative estimate of drug-likeness (QED) is 0.127. The van der Waals surface area contributed by atoms with Gasteiger partial charge < -0.3 is 15.4 Å². The molecule has 0 saturated carbocycles. The normalized spacial score (nSPS) is 11.8. The standard InChI is InChI=1S/C24H28IN7OS/c1-24(2,33)6-8-32(23(27)34)29-13-18-11-21(22-14-28-15-31(22)3)30-20-10-17(12-25)16(5-4-7-26)9-19(18)20/h9-11,13-15,33H,4-6,8,12H2,1-3H3,(H2,27,34)/b29-13+. The van der Waals surface area contributed by atoms with Crippen LogP contribution in [0.15, 0.2) is 35.8 Å². The topological polar surface area (TPSA) is 116 Å². The first kappa shape index (κ1) is 26.0. The molecule has 0 aliphatic heterocycles. The molecule has 0 bridgehead atoms. The molecule has 0 spiro atoms. The Morgan fingerprint density at radius 2 is 2.15 bits per heavy atom. The predicted molar refractivity (Wildman–Crippen MR) is 148 cm³/mol. The van der Waals surface area contributed by atoms with Crippen LogP contribution in [-0.2, 0) is 17.9 Å². The summed E-state index contributed by atoms with van der Waals surface area (Å²) in [4.78, 5) is 9.14. The highest BCUT2D eigenvalue weighted by Gasteiger charge is 2.16. The second-order valence-corrected chi connectivity index (χ2v) is 9.87. The maximum absolute atomic E-state index is 10.1. The molecule has 34 heavy (non-hydrogen) atoms. The molecule has 0 atom stereocenters. The molecule has 0 amide bonds. The molecule has 3 aromatic rings. The number of aromatic nitrogens is 3. The van der Waals surface area contributed by atoms with E-state index in [1.54, 1.807) is 32.6 Å². The smallest absolute Gasteiger partial charge is 0.186 e. The number of benzene rings is 1. The van der Waals surface area contributed by atoms with Gasteiger partial charge in [0.05, 0.1) is 47.3 Å². The number of nitriles is 1. The van der Waals surface area contributed by atoms with Crippen LogP contribution in [-0.4, -0.2) is 48.1 Å². The Morgan fingerprint density at radius 1 is 1.38 bits per heavy atom. The van der Waals surface area contributed by atoms with E-state index in [1.807, 2.05) is 17.7 Å². The maximum atomic E-state index is 10.1. The fourth-order valence-corrected chi connectivity index (χ4v) is 4.36. The molecule has 2 heterocycles. The molecule has 8 nitrogen and oxygen atoms in total. The molecule has 0 aliphatic carbocycles. The molecule has 178 valence electrons. The van der Waals surface area contributed by atoms with Gasteiger partial charge in [0.2, 0.25) is 0 Å². The number of rotatable bonds is 9. The third kappa shape index (κ3) is 6.49. The van der Waals surface area contributed by atoms with E-state index in [0.29, 0.717) is 25.8 Å². The van der Waals surface area contributed by atoms with Gasteiger partial charge in [-0.25, -0.2) is 15.0 Å². The molecular weight excluding hydrogens is 561 g/mol. The van der Waals surface area contributed by atoms with E-state index < -0.39 is 5.60 Å². The Labute approximate surface area is 218 Å². The van der Waals surface area contributed by atoms with Crippen LogP contribution in [0.3, 0.4) is 0 Å². The number of fused-ring (bicyclic) bond motifs is 1. The van der Waals surface area contributed by atoms with Crippen molar-refractivity contribution in [3.63, 3.8) is 0 Å². The Hall–Kier alpha value is -2.62. The van der Waals surface area contributed by atoms with E-state index in [1.165, 1.54) is 5.01 Å². The van der Waals surface area contributed by atoms with Crippen molar-refractivity contribution < 1.29 is 5.11 Å². The van der Waals surface area contributed by atoms with Gasteiger partial charge in [-0.3, -0.25) is 0 Å². The first-order chi connectivity index (χ1) is 16.1. The Balaban J connectivity index is 2.14. The van der Waals surface area contributed by atoms with Gasteiger partial charge in [0, 0.05) is 35.4 Å². The lowest BCUT2D eigenvalue weighted by Crippen LogP contribution is -2.35. The highest BCUT2D eigenvalue weighted by Crippen LogP contribution is 2.28. The summed E-state index contributed by atoms with van der Waals surface area (Å²) in [6, 6.07) is 8.39. The maximum Gasteiger partial charge on any atom is 0.186 e. The lowest BCUT2D eigenvalue weighted by molar-refractivity contribution is 0.0649. The Kier molecular flexibility index (Phi) is 8.57. The van der Waals surface area contributed by atoms with E-state index in [4.69, 9.17) is 28.2 Å². The molecule has 3 rings (SSSR count). The van der Waals surface area contributed by atoms with Crippen molar-refractivity contribution in [2.45, 2.75) is 43.1 Å². The second-order valence-electron chi connectivity index (χ2n) is 8.68. The van der Waals surface area contributed by atoms with Crippen molar-refractivity contribution in [2.24, 2.45) is 17.9 Å². The molecule has 1 aromatic carbocycles. The van der Waals surface area contributed by atoms with Crippen LogP contribution in [0.1, 0.15) is 43.4 Å². The minimum atomic E-state index is -0.861. The molecule has 0 radical (unpaired) electrons. The summed E-state index contributed by atoms with van der Waals surface area (Å²) >= 11 is 7.52. The third-order valence-electron chi connectivity index (χ3n) is 5.42. The van der Waals surface area contributed by atoms with Gasteiger partial charge in [0.25, 0.3) is 0 Å². The van der Waals surface area contributed by atoms with E-state index in [2.05, 4.69) is 50.9 Å². The van der Waals surface area contributed by atoms with Crippen LogP contribution in [0, 0.1) is 11.3 Å². The number of aliphatic hydroxyl groups is 1. The van der Waals surface area contributed by atoms with Crippen molar-refractivity contribution in [1.82, 2.24) is 19.5 Å². The van der Waals surface area contributed by atoms with Crippen molar-refractivity contribution in [3.05, 3.63) is 47.4 Å². The zero-order valence-corrected chi connectivity index (χ0v) is 22.5. The van der Waals surface area contributed by atoms with Crippen LogP contribution in [0.4, 0.5) is 0 Å². The van der Waals surface area contributed by atoms with E-state index in [-0.39, 0.29) is 5.11 Å². The molecular formula is C24H28IN7OS. The van der Waals surface area contributed by atoms with Crippen LogP contribution >= 0.6 is 34.8 Å². The minimum absolute atomic E-state index is 0.132. The molecule has 2 aromatic heterocycles. The number of nitrogens with two attached hydrogens (primary N) is 1. The number of hydrazone groups is 1. The molecule has 0 saturated heterocycles. The fourth-order valence-electron chi connectivity index (χ4n) is 3.51. The van der Waals surface area contributed by atoms with E-state index >= 15 is 0 Å². The summed E-state index contributed by atoms with van der Waals surface area (Å²) in [7, 11) is 1.93. The minimum Gasteiger partial charge on any atom is -0.390 e. The van der Waals surface area contributed by atoms with Crippen LogP contribution in [0.2, 0.25) is 0 Å². The largest absolute Gasteiger partial charge is 0.390 e. The summed E-state index contributed by atoms with van der Waals surface area (Å²) < 4.78 is 2.74. The van der Waals surface area contributed by atoms with Gasteiger partial charge in [-0.15, -0.1) is 0 Å². The summed E-state index contributed by atoms with van der Waals surface area (Å²) in [5.41, 5.74) is 10.7. The zero-order chi connectivity index (χ0) is 24.9. The molecule has 0 fully saturated rings. The number of halogens is 1. The van der Waals surface area contributed by atoms with Crippen LogP contribution < -0.4 is 5.73 Å². The number of alkyl halides is 1. The number of nitrogens with zero attached hydrogens (tertiary/aromatic N) is 6. The number of hydrogen-bond donors (Lipinski definition) is 2. The number of thiocarbonyl (C=S) groups is 1. The third-order valence-corrected chi connectivity index (χ3v) is 6.45. The zero-order valence-electron chi connectivity index (χ0n) is 19.5. The van der Waals surface area contributed by atoms with Gasteiger partial charge in [-0.2, -0.15) is 10.4 Å². The first-order valence-electron chi connectivity index (χ1n) is 10.8. The monoisotopic (exact) mass is 589 g/mol. The molecule has 0 unspecified atom stereocenters. The average Bonchev–Trinajstić information content (AvgIpc) is 3.21. The summed E-state index contributed by atoms with van der Waals surface area (Å²) in [6.45, 7) is 3.86. The van der Waals surface area contributed by atoms with Crippen LogP contribution in [0.5, 0.6) is 0 Å². The van der Waals surface area contributed by atoms with Gasteiger partial charge in [-0.05, 0) is 68.2 Å². The number of hydrogen-bond acceptors (Lipinski definition) is 6. The fraction of sp³-hybridized carbons (Fsp3) is 0.375. The van der Waals surface area contributed by atoms with Gasteiger partial charge in [0.15, 0.2) is 5.11 Å². The van der Waals surface area contributed by atoms with E-state index in [0.717, 1.165) is 43.4 Å². The highest BCUT2D eigenvalue weighted by atomic mass is 127. The predicted octanol–water partition coefficient (Wildman–Crippen LogP) is 4.07. The SMILES string of the molecule is Cn1cncc1-c1cc(/C=N/N(CCC(C)(C)O)C(N)=S)c2cc(CCC#N)c(CI)cc2n1. The number of aryl methyl sites for hydroxylation is 2. The Bertz CT molecular complexity index is 1260.